The summed E-state index contributed by atoms with van der Waals surface area (Å²) in [6.07, 6.45) is 34.4. The molecule has 0 atom stereocenters. The van der Waals surface area contributed by atoms with E-state index in [9.17, 15) is 13.2 Å². The number of unbranched alkanes of at least 4 members (excludes halogenated alkanes) is 24. The van der Waals surface area contributed by atoms with Gasteiger partial charge in [0.25, 0.3) is 0 Å². The highest BCUT2D eigenvalue weighted by Gasteiger charge is 2.02. The van der Waals surface area contributed by atoms with Crippen molar-refractivity contribution in [1.82, 2.24) is 0 Å². The van der Waals surface area contributed by atoms with E-state index in [1.807, 2.05) is 0 Å². The van der Waals surface area contributed by atoms with Crippen molar-refractivity contribution in [3.63, 3.8) is 0 Å². The summed E-state index contributed by atoms with van der Waals surface area (Å²) < 4.78 is 33.0. The third kappa shape index (κ3) is 40.7. The Labute approximate surface area is 225 Å². The van der Waals surface area contributed by atoms with E-state index in [0.717, 1.165) is 32.0 Å². The van der Waals surface area contributed by atoms with Crippen LogP contribution in [-0.4, -0.2) is 25.9 Å². The molecule has 0 bridgehead atoms. The molecule has 0 aromatic rings. The van der Waals surface area contributed by atoms with Crippen molar-refractivity contribution in [2.24, 2.45) is 0 Å². The highest BCUT2D eigenvalue weighted by atomic mass is 32.3. The van der Waals surface area contributed by atoms with Crippen LogP contribution in [0.15, 0.2) is 0 Å². The zero-order valence-corrected chi connectivity index (χ0v) is 25.0. The van der Waals surface area contributed by atoms with E-state index in [2.05, 4.69) is 18.0 Å². The highest BCUT2D eigenvalue weighted by molar-refractivity contribution is 7.80. The van der Waals surface area contributed by atoms with Crippen LogP contribution in [0.1, 0.15) is 181 Å². The number of carbonyl (C=O) groups excluding carboxylic acids is 1. The quantitative estimate of drug-likeness (QED) is 0.0613. The Morgan fingerprint density at radius 1 is 0.500 bits per heavy atom. The summed E-state index contributed by atoms with van der Waals surface area (Å²) in [6.45, 7) is 4.59. The summed E-state index contributed by atoms with van der Waals surface area (Å²) in [5.41, 5.74) is 0. The Morgan fingerprint density at radius 3 is 1.06 bits per heavy atom. The molecule has 36 heavy (non-hydrogen) atoms. The third-order valence-corrected chi connectivity index (χ3v) is 7.12. The molecule has 0 aliphatic carbocycles. The topological polar surface area (TPSA) is 80.7 Å². The Bertz CT molecular complexity index is 507. The van der Waals surface area contributed by atoms with Gasteiger partial charge in [-0.1, -0.05) is 162 Å². The number of hydrogen-bond donors (Lipinski definition) is 1. The number of hydrogen-bond acceptors (Lipinski definition) is 4. The Morgan fingerprint density at radius 2 is 0.778 bits per heavy atom. The lowest BCUT2D eigenvalue weighted by Gasteiger charge is -2.02. The molecule has 0 saturated heterocycles. The van der Waals surface area contributed by atoms with Gasteiger partial charge in [0.1, 0.15) is 6.29 Å². The van der Waals surface area contributed by atoms with Gasteiger partial charge in [0.05, 0.1) is 6.61 Å². The van der Waals surface area contributed by atoms with E-state index in [0.29, 0.717) is 6.42 Å². The van der Waals surface area contributed by atoms with Gasteiger partial charge >= 0.3 is 10.4 Å². The average Bonchev–Trinajstić information content (AvgIpc) is 2.85. The van der Waals surface area contributed by atoms with Crippen LogP contribution in [0, 0.1) is 0 Å². The first-order valence-electron chi connectivity index (χ1n) is 15.5. The first-order chi connectivity index (χ1) is 17.5. The molecule has 0 aliphatic rings. The van der Waals surface area contributed by atoms with Crippen LogP contribution in [0.2, 0.25) is 0 Å². The lowest BCUT2D eigenvalue weighted by Crippen LogP contribution is -2.04. The van der Waals surface area contributed by atoms with E-state index in [1.165, 1.54) is 135 Å². The van der Waals surface area contributed by atoms with Crippen LogP contribution in [0.25, 0.3) is 0 Å². The van der Waals surface area contributed by atoms with Crippen LogP contribution >= 0.6 is 0 Å². The predicted molar refractivity (Wildman–Crippen MR) is 155 cm³/mol. The summed E-state index contributed by atoms with van der Waals surface area (Å²) in [5, 5.41) is 0. The maximum absolute atomic E-state index is 10.2. The first kappa shape index (κ1) is 37.7. The monoisotopic (exact) mass is 534 g/mol. The van der Waals surface area contributed by atoms with E-state index in [1.54, 1.807) is 0 Å². The summed E-state index contributed by atoms with van der Waals surface area (Å²) in [6, 6.07) is 0. The molecular formula is C30H62O5S. The molecule has 0 heterocycles. The summed E-state index contributed by atoms with van der Waals surface area (Å²) >= 11 is 0. The van der Waals surface area contributed by atoms with Crippen LogP contribution < -0.4 is 0 Å². The van der Waals surface area contributed by atoms with Crippen LogP contribution in [-0.2, 0) is 19.4 Å². The van der Waals surface area contributed by atoms with Crippen molar-refractivity contribution in [1.29, 1.82) is 0 Å². The minimum Gasteiger partial charge on any atom is -0.303 e. The van der Waals surface area contributed by atoms with Crippen molar-refractivity contribution in [2.75, 3.05) is 6.61 Å². The fourth-order valence-corrected chi connectivity index (χ4v) is 4.68. The van der Waals surface area contributed by atoms with Crippen molar-refractivity contribution in [3.05, 3.63) is 0 Å². The smallest absolute Gasteiger partial charge is 0.303 e. The zero-order chi connectivity index (χ0) is 27.0. The van der Waals surface area contributed by atoms with Crippen LogP contribution in [0.4, 0.5) is 0 Å². The molecular weight excluding hydrogens is 472 g/mol. The molecule has 6 heteroatoms. The van der Waals surface area contributed by atoms with Gasteiger partial charge < -0.3 is 4.79 Å². The van der Waals surface area contributed by atoms with E-state index in [4.69, 9.17) is 4.55 Å². The molecule has 0 radical (unpaired) electrons. The normalized spacial score (nSPS) is 11.3. The maximum atomic E-state index is 10.2. The Hall–Kier alpha value is -0.460. The minimum atomic E-state index is -4.23. The average molecular weight is 535 g/mol. The van der Waals surface area contributed by atoms with Gasteiger partial charge in [-0.15, -0.1) is 0 Å². The molecule has 0 fully saturated rings. The molecule has 1 N–H and O–H groups in total. The number of carbonyl (C=O) groups is 1. The molecule has 0 aliphatic heterocycles. The van der Waals surface area contributed by atoms with Gasteiger partial charge in [0, 0.05) is 6.42 Å². The van der Waals surface area contributed by atoms with Gasteiger partial charge in [0.15, 0.2) is 0 Å². The fourth-order valence-electron chi connectivity index (χ4n) is 4.35. The van der Waals surface area contributed by atoms with E-state index in [-0.39, 0.29) is 6.61 Å². The minimum absolute atomic E-state index is 0.0926. The van der Waals surface area contributed by atoms with Crippen molar-refractivity contribution >= 4 is 16.7 Å². The van der Waals surface area contributed by atoms with Crippen molar-refractivity contribution in [2.45, 2.75) is 181 Å². The third-order valence-electron chi connectivity index (χ3n) is 6.66. The molecule has 0 amide bonds. The molecule has 0 unspecified atom stereocenters. The SMILES string of the molecule is CCCCCCCCCCCCCCCCCC=O.CCCCCCCCCCCCOS(=O)(=O)O. The second kappa shape index (κ2) is 32.6. The lowest BCUT2D eigenvalue weighted by molar-refractivity contribution is -0.107. The molecule has 5 nitrogen and oxygen atoms in total. The Balaban J connectivity index is 0. The summed E-state index contributed by atoms with van der Waals surface area (Å²) in [5.74, 6) is 0. The number of aldehydes is 1. The fraction of sp³-hybridized carbons (Fsp3) is 0.967. The summed E-state index contributed by atoms with van der Waals surface area (Å²) in [7, 11) is -4.23. The van der Waals surface area contributed by atoms with Gasteiger partial charge in [-0.2, -0.15) is 8.42 Å². The molecule has 0 aromatic heterocycles. The second-order valence-electron chi connectivity index (χ2n) is 10.3. The Kier molecular flexibility index (Phi) is 34.1. The predicted octanol–water partition coefficient (Wildman–Crippen LogP) is 10.2. The van der Waals surface area contributed by atoms with Crippen LogP contribution in [0.3, 0.4) is 0 Å². The van der Waals surface area contributed by atoms with E-state index < -0.39 is 10.4 Å². The molecule has 0 saturated carbocycles. The zero-order valence-electron chi connectivity index (χ0n) is 24.2. The van der Waals surface area contributed by atoms with Gasteiger partial charge in [-0.3, -0.25) is 4.55 Å². The molecule has 0 aromatic carbocycles. The molecule has 0 spiro atoms. The maximum Gasteiger partial charge on any atom is 0.397 e. The number of rotatable bonds is 28. The molecule has 218 valence electrons. The lowest BCUT2D eigenvalue weighted by atomic mass is 10.0. The summed E-state index contributed by atoms with van der Waals surface area (Å²) in [4.78, 5) is 10.1. The highest BCUT2D eigenvalue weighted by Crippen LogP contribution is 2.13. The van der Waals surface area contributed by atoms with Gasteiger partial charge in [-0.05, 0) is 12.8 Å². The van der Waals surface area contributed by atoms with Crippen molar-refractivity contribution < 1.29 is 21.9 Å². The van der Waals surface area contributed by atoms with Crippen molar-refractivity contribution in [3.8, 4) is 0 Å². The largest absolute Gasteiger partial charge is 0.397 e. The first-order valence-corrected chi connectivity index (χ1v) is 16.9. The van der Waals surface area contributed by atoms with Crippen LogP contribution in [0.5, 0.6) is 0 Å². The molecule has 0 rings (SSSR count). The standard InChI is InChI=1S/C18H36O.C12H26O4S/c1-2-3-4-5-6-7-8-9-10-11-12-13-14-15-16-17-18-19;1-2-3-4-5-6-7-8-9-10-11-12-16-17(13,14)15/h18H,2-17H2,1H3;2-12H2,1H3,(H,13,14,15). The second-order valence-corrected chi connectivity index (χ2v) is 11.4. The van der Waals surface area contributed by atoms with E-state index >= 15 is 0 Å². The van der Waals surface area contributed by atoms with Gasteiger partial charge in [-0.25, -0.2) is 4.18 Å². The van der Waals surface area contributed by atoms with Gasteiger partial charge in [0.2, 0.25) is 0 Å².